The van der Waals surface area contributed by atoms with Crippen molar-refractivity contribution in [1.82, 2.24) is 0 Å². The number of hydrogen-bond acceptors (Lipinski definition) is 5. The van der Waals surface area contributed by atoms with Gasteiger partial charge in [-0.1, -0.05) is 6.42 Å². The predicted molar refractivity (Wildman–Crippen MR) is 101 cm³/mol. The van der Waals surface area contributed by atoms with Crippen LogP contribution in [0.25, 0.3) is 6.08 Å². The predicted octanol–water partition coefficient (Wildman–Crippen LogP) is 4.73. The molecular weight excluding hydrogens is 332 g/mol. The second-order valence-corrected chi connectivity index (χ2v) is 6.70. The lowest BCUT2D eigenvalue weighted by Gasteiger charge is -2.22. The minimum Gasteiger partial charge on any atom is -0.463 e. The number of furan rings is 1. The molecule has 5 heteroatoms. The highest BCUT2D eigenvalue weighted by Crippen LogP contribution is 2.24. The van der Waals surface area contributed by atoms with E-state index in [0.717, 1.165) is 68.8 Å². The molecule has 0 spiro atoms. The SMILES string of the molecule is CCOC(=O)/C=C/c1oc(CCCCCOC2CCCCO2)c(C)c1C. The Bertz CT molecular complexity index is 581. The van der Waals surface area contributed by atoms with E-state index in [2.05, 4.69) is 6.92 Å². The van der Waals surface area contributed by atoms with Crippen LogP contribution in [-0.4, -0.2) is 32.1 Å². The van der Waals surface area contributed by atoms with E-state index in [4.69, 9.17) is 18.6 Å². The van der Waals surface area contributed by atoms with Gasteiger partial charge in [-0.05, 0) is 70.1 Å². The number of esters is 1. The number of unbranched alkanes of at least 4 members (excludes halogenated alkanes) is 2. The Balaban J connectivity index is 1.70. The van der Waals surface area contributed by atoms with Crippen molar-refractivity contribution >= 4 is 12.0 Å². The zero-order valence-corrected chi connectivity index (χ0v) is 16.3. The van der Waals surface area contributed by atoms with Gasteiger partial charge in [-0.2, -0.15) is 0 Å². The summed E-state index contributed by atoms with van der Waals surface area (Å²) in [6.07, 6.45) is 10.6. The van der Waals surface area contributed by atoms with E-state index in [9.17, 15) is 4.79 Å². The maximum atomic E-state index is 11.4. The topological polar surface area (TPSA) is 57.9 Å². The highest BCUT2D eigenvalue weighted by atomic mass is 16.7. The molecule has 1 aromatic rings. The third-order valence-electron chi connectivity index (χ3n) is 4.73. The van der Waals surface area contributed by atoms with E-state index in [1.807, 2.05) is 6.92 Å². The Labute approximate surface area is 156 Å². The van der Waals surface area contributed by atoms with Crippen LogP contribution in [0, 0.1) is 13.8 Å². The van der Waals surface area contributed by atoms with Gasteiger partial charge in [0.05, 0.1) is 6.61 Å². The first kappa shape index (κ1) is 20.7. The minimum atomic E-state index is -0.343. The lowest BCUT2D eigenvalue weighted by atomic mass is 10.1. The number of rotatable bonds is 10. The van der Waals surface area contributed by atoms with Crippen LogP contribution in [0.2, 0.25) is 0 Å². The summed E-state index contributed by atoms with van der Waals surface area (Å²) in [5, 5.41) is 0. The van der Waals surface area contributed by atoms with E-state index in [0.29, 0.717) is 6.61 Å². The van der Waals surface area contributed by atoms with Crippen molar-refractivity contribution in [2.75, 3.05) is 19.8 Å². The Morgan fingerprint density at radius 3 is 2.77 bits per heavy atom. The van der Waals surface area contributed by atoms with E-state index < -0.39 is 0 Å². The summed E-state index contributed by atoms with van der Waals surface area (Å²) in [5.74, 6) is 1.40. The van der Waals surface area contributed by atoms with Crippen LogP contribution in [0.1, 0.15) is 68.1 Å². The molecule has 0 saturated carbocycles. The third-order valence-corrected chi connectivity index (χ3v) is 4.73. The molecule has 0 amide bonds. The molecule has 5 nitrogen and oxygen atoms in total. The van der Waals surface area contributed by atoms with Crippen molar-refractivity contribution < 1.29 is 23.4 Å². The van der Waals surface area contributed by atoms with Crippen LogP contribution in [0.4, 0.5) is 0 Å². The fourth-order valence-corrected chi connectivity index (χ4v) is 3.03. The molecule has 1 aliphatic heterocycles. The Morgan fingerprint density at radius 1 is 1.19 bits per heavy atom. The van der Waals surface area contributed by atoms with Gasteiger partial charge in [0, 0.05) is 25.7 Å². The molecule has 1 unspecified atom stereocenters. The van der Waals surface area contributed by atoms with Crippen LogP contribution in [-0.2, 0) is 25.4 Å². The Hall–Kier alpha value is -1.59. The fraction of sp³-hybridized carbons (Fsp3) is 0.667. The summed E-state index contributed by atoms with van der Waals surface area (Å²) in [6, 6.07) is 0. The van der Waals surface area contributed by atoms with Crippen molar-refractivity contribution in [3.63, 3.8) is 0 Å². The standard InChI is InChI=1S/C21H32O5/c1-4-23-20(22)13-12-19-17(3)16(2)18(26-19)10-6-5-8-14-24-21-11-7-9-15-25-21/h12-13,21H,4-11,14-15H2,1-3H3/b13-12+. The molecule has 1 atom stereocenters. The molecule has 1 fully saturated rings. The van der Waals surface area contributed by atoms with E-state index in [1.165, 1.54) is 18.1 Å². The third kappa shape index (κ3) is 6.61. The molecule has 0 aromatic carbocycles. The molecule has 1 aliphatic rings. The van der Waals surface area contributed by atoms with E-state index in [1.54, 1.807) is 13.0 Å². The highest BCUT2D eigenvalue weighted by Gasteiger charge is 2.14. The maximum Gasteiger partial charge on any atom is 0.330 e. The summed E-state index contributed by atoms with van der Waals surface area (Å²) in [7, 11) is 0. The molecular formula is C21H32O5. The summed E-state index contributed by atoms with van der Waals surface area (Å²) < 4.78 is 22.1. The average molecular weight is 364 g/mol. The van der Waals surface area contributed by atoms with E-state index in [-0.39, 0.29) is 12.3 Å². The number of carbonyl (C=O) groups excluding carboxylic acids is 1. The van der Waals surface area contributed by atoms with Gasteiger partial charge in [0.25, 0.3) is 0 Å². The quantitative estimate of drug-likeness (QED) is 0.341. The van der Waals surface area contributed by atoms with Crippen LogP contribution < -0.4 is 0 Å². The van der Waals surface area contributed by atoms with Gasteiger partial charge in [-0.15, -0.1) is 0 Å². The molecule has 0 N–H and O–H groups in total. The zero-order chi connectivity index (χ0) is 18.8. The average Bonchev–Trinajstić information content (AvgIpc) is 2.92. The molecule has 0 bridgehead atoms. The van der Waals surface area contributed by atoms with Crippen LogP contribution in [0.5, 0.6) is 0 Å². The smallest absolute Gasteiger partial charge is 0.330 e. The van der Waals surface area contributed by atoms with Crippen LogP contribution >= 0.6 is 0 Å². The van der Waals surface area contributed by atoms with E-state index >= 15 is 0 Å². The van der Waals surface area contributed by atoms with Gasteiger partial charge in [0.2, 0.25) is 0 Å². The second kappa shape index (κ2) is 11.2. The number of ether oxygens (including phenoxy) is 3. The molecule has 1 aromatic heterocycles. The summed E-state index contributed by atoms with van der Waals surface area (Å²) >= 11 is 0. The molecule has 2 heterocycles. The van der Waals surface area contributed by atoms with Crippen molar-refractivity contribution in [3.05, 3.63) is 28.7 Å². The number of aryl methyl sites for hydroxylation is 1. The summed E-state index contributed by atoms with van der Waals surface area (Å²) in [6.45, 7) is 7.84. The molecule has 146 valence electrons. The molecule has 0 radical (unpaired) electrons. The first-order valence-electron chi connectivity index (χ1n) is 9.78. The summed E-state index contributed by atoms with van der Waals surface area (Å²) in [5.41, 5.74) is 2.25. The van der Waals surface area contributed by atoms with Gasteiger partial charge >= 0.3 is 5.97 Å². The second-order valence-electron chi connectivity index (χ2n) is 6.70. The van der Waals surface area contributed by atoms with Crippen LogP contribution in [0.3, 0.4) is 0 Å². The zero-order valence-electron chi connectivity index (χ0n) is 16.3. The molecule has 0 aliphatic carbocycles. The summed E-state index contributed by atoms with van der Waals surface area (Å²) in [4.78, 5) is 11.4. The van der Waals surface area contributed by atoms with Gasteiger partial charge in [-0.3, -0.25) is 0 Å². The maximum absolute atomic E-state index is 11.4. The largest absolute Gasteiger partial charge is 0.463 e. The normalized spacial score (nSPS) is 17.7. The molecule has 2 rings (SSSR count). The first-order chi connectivity index (χ1) is 12.6. The van der Waals surface area contributed by atoms with Crippen LogP contribution in [0.15, 0.2) is 10.5 Å². The molecule has 1 saturated heterocycles. The lowest BCUT2D eigenvalue weighted by molar-refractivity contribution is -0.162. The monoisotopic (exact) mass is 364 g/mol. The van der Waals surface area contributed by atoms with Gasteiger partial charge in [0.1, 0.15) is 11.5 Å². The molecule has 26 heavy (non-hydrogen) atoms. The highest BCUT2D eigenvalue weighted by molar-refractivity contribution is 5.86. The Morgan fingerprint density at radius 2 is 2.04 bits per heavy atom. The Kier molecular flexibility index (Phi) is 8.92. The first-order valence-corrected chi connectivity index (χ1v) is 9.78. The minimum absolute atomic E-state index is 0.00691. The van der Waals surface area contributed by atoms with Crippen molar-refractivity contribution in [2.45, 2.75) is 72.0 Å². The van der Waals surface area contributed by atoms with Crippen molar-refractivity contribution in [1.29, 1.82) is 0 Å². The van der Waals surface area contributed by atoms with Gasteiger partial charge in [-0.25, -0.2) is 4.79 Å². The van der Waals surface area contributed by atoms with Crippen molar-refractivity contribution in [2.24, 2.45) is 0 Å². The number of hydrogen-bond donors (Lipinski definition) is 0. The van der Waals surface area contributed by atoms with Gasteiger partial charge in [0.15, 0.2) is 6.29 Å². The van der Waals surface area contributed by atoms with Crippen molar-refractivity contribution in [3.8, 4) is 0 Å². The lowest BCUT2D eigenvalue weighted by Crippen LogP contribution is -2.22. The van der Waals surface area contributed by atoms with Gasteiger partial charge < -0.3 is 18.6 Å². The number of carbonyl (C=O) groups is 1. The fourth-order valence-electron chi connectivity index (χ4n) is 3.03.